The van der Waals surface area contributed by atoms with Crippen LogP contribution in [0, 0.1) is 5.82 Å². The van der Waals surface area contributed by atoms with Crippen LogP contribution in [0.5, 0.6) is 5.75 Å². The van der Waals surface area contributed by atoms with Gasteiger partial charge in [-0.25, -0.2) is 9.07 Å². The summed E-state index contributed by atoms with van der Waals surface area (Å²) in [6, 6.07) is 15.6. The van der Waals surface area contributed by atoms with E-state index in [4.69, 9.17) is 4.74 Å². The number of ether oxygens (including phenoxy) is 1. The molecule has 162 valence electrons. The molecule has 0 spiro atoms. The molecule has 0 bridgehead atoms. The average molecular weight is 441 g/mol. The average Bonchev–Trinajstić information content (AvgIpc) is 3.28. The maximum absolute atomic E-state index is 13.4. The summed E-state index contributed by atoms with van der Waals surface area (Å²) in [7, 11) is 0. The van der Waals surface area contributed by atoms with Gasteiger partial charge in [0, 0.05) is 28.3 Å². The Bertz CT molecular complexity index is 1430. The van der Waals surface area contributed by atoms with Crippen LogP contribution in [0.3, 0.4) is 0 Å². The second kappa shape index (κ2) is 8.23. The number of carbonyl (C=O) groups is 3. The molecule has 0 atom stereocenters. The van der Waals surface area contributed by atoms with Crippen LogP contribution >= 0.6 is 0 Å². The SMILES string of the molecule is O=Cc1ccc(F)cc1OCc1cn(Cc2ccc3c(c2)C(=O)c2ccccc2C3=O)nn1. The van der Waals surface area contributed by atoms with Gasteiger partial charge in [0.1, 0.15) is 23.9 Å². The van der Waals surface area contributed by atoms with Gasteiger partial charge < -0.3 is 4.74 Å². The lowest BCUT2D eigenvalue weighted by molar-refractivity contribution is 0.0979. The Morgan fingerprint density at radius 1 is 0.909 bits per heavy atom. The Morgan fingerprint density at radius 2 is 1.64 bits per heavy atom. The van der Waals surface area contributed by atoms with Gasteiger partial charge >= 0.3 is 0 Å². The van der Waals surface area contributed by atoms with Gasteiger partial charge in [0.05, 0.1) is 18.3 Å². The van der Waals surface area contributed by atoms with Crippen molar-refractivity contribution in [2.45, 2.75) is 13.2 Å². The van der Waals surface area contributed by atoms with E-state index in [2.05, 4.69) is 10.3 Å². The zero-order valence-corrected chi connectivity index (χ0v) is 17.2. The highest BCUT2D eigenvalue weighted by molar-refractivity contribution is 6.28. The molecule has 0 fully saturated rings. The second-order valence-electron chi connectivity index (χ2n) is 7.58. The Balaban J connectivity index is 1.32. The van der Waals surface area contributed by atoms with Crippen LogP contribution in [-0.4, -0.2) is 32.8 Å². The van der Waals surface area contributed by atoms with E-state index in [9.17, 15) is 18.8 Å². The second-order valence-corrected chi connectivity index (χ2v) is 7.58. The summed E-state index contributed by atoms with van der Waals surface area (Å²) in [5.41, 5.74) is 3.07. The van der Waals surface area contributed by atoms with E-state index in [0.717, 1.165) is 11.6 Å². The number of benzene rings is 3. The van der Waals surface area contributed by atoms with Crippen LogP contribution in [0.25, 0.3) is 0 Å². The predicted octanol–water partition coefficient (Wildman–Crippen LogP) is 3.63. The first-order chi connectivity index (χ1) is 16.0. The number of hydrogen-bond acceptors (Lipinski definition) is 6. The maximum Gasteiger partial charge on any atom is 0.194 e. The molecule has 33 heavy (non-hydrogen) atoms. The Kier molecular flexibility index (Phi) is 5.10. The predicted molar refractivity (Wildman–Crippen MR) is 115 cm³/mol. The lowest BCUT2D eigenvalue weighted by Gasteiger charge is -2.18. The molecule has 0 N–H and O–H groups in total. The van der Waals surface area contributed by atoms with Crippen LogP contribution in [0.1, 0.15) is 53.5 Å². The first-order valence-electron chi connectivity index (χ1n) is 10.1. The van der Waals surface area contributed by atoms with Crippen molar-refractivity contribution < 1.29 is 23.5 Å². The molecule has 5 rings (SSSR count). The summed E-state index contributed by atoms with van der Waals surface area (Å²) in [6.45, 7) is 0.321. The van der Waals surface area contributed by atoms with Crippen molar-refractivity contribution in [2.24, 2.45) is 0 Å². The molecule has 0 saturated heterocycles. The van der Waals surface area contributed by atoms with Crippen molar-refractivity contribution in [1.29, 1.82) is 0 Å². The van der Waals surface area contributed by atoms with Crippen molar-refractivity contribution >= 4 is 17.9 Å². The van der Waals surface area contributed by atoms with E-state index >= 15 is 0 Å². The van der Waals surface area contributed by atoms with E-state index in [1.54, 1.807) is 53.3 Å². The fourth-order valence-electron chi connectivity index (χ4n) is 3.80. The van der Waals surface area contributed by atoms with Gasteiger partial charge in [0.15, 0.2) is 17.9 Å². The Labute approximate surface area is 187 Å². The van der Waals surface area contributed by atoms with Gasteiger partial charge in [-0.3, -0.25) is 14.4 Å². The van der Waals surface area contributed by atoms with E-state index in [1.165, 1.54) is 12.1 Å². The van der Waals surface area contributed by atoms with Crippen molar-refractivity contribution in [3.05, 3.63) is 112 Å². The molecule has 1 aliphatic carbocycles. The fourth-order valence-corrected chi connectivity index (χ4v) is 3.80. The molecular formula is C25H16FN3O4. The topological polar surface area (TPSA) is 91.2 Å². The fraction of sp³-hybridized carbons (Fsp3) is 0.0800. The molecule has 0 radical (unpaired) electrons. The van der Waals surface area contributed by atoms with Gasteiger partial charge in [-0.2, -0.15) is 0 Å². The zero-order chi connectivity index (χ0) is 22.9. The third-order valence-electron chi connectivity index (χ3n) is 5.40. The smallest absolute Gasteiger partial charge is 0.194 e. The number of ketones is 2. The van der Waals surface area contributed by atoms with Crippen LogP contribution in [0.2, 0.25) is 0 Å². The zero-order valence-electron chi connectivity index (χ0n) is 17.2. The summed E-state index contributed by atoms with van der Waals surface area (Å²) in [4.78, 5) is 36.7. The molecule has 0 unspecified atom stereocenters. The minimum absolute atomic E-state index is 0.00173. The molecule has 8 heteroatoms. The summed E-state index contributed by atoms with van der Waals surface area (Å²) >= 11 is 0. The molecule has 0 amide bonds. The number of fused-ring (bicyclic) bond motifs is 2. The molecule has 7 nitrogen and oxygen atoms in total. The highest BCUT2D eigenvalue weighted by Crippen LogP contribution is 2.28. The van der Waals surface area contributed by atoms with E-state index in [0.29, 0.717) is 40.8 Å². The monoisotopic (exact) mass is 441 g/mol. The van der Waals surface area contributed by atoms with Gasteiger partial charge in [-0.05, 0) is 29.8 Å². The number of rotatable bonds is 6. The van der Waals surface area contributed by atoms with Gasteiger partial charge in [0.25, 0.3) is 0 Å². The molecule has 1 aliphatic rings. The highest BCUT2D eigenvalue weighted by Gasteiger charge is 2.29. The van der Waals surface area contributed by atoms with Gasteiger partial charge in [-0.15, -0.1) is 5.10 Å². The molecule has 4 aromatic rings. The number of hydrogen-bond donors (Lipinski definition) is 0. The van der Waals surface area contributed by atoms with Crippen LogP contribution in [-0.2, 0) is 13.2 Å². The number of nitrogens with zero attached hydrogens (tertiary/aromatic N) is 3. The summed E-state index contributed by atoms with van der Waals surface area (Å²) in [6.07, 6.45) is 2.24. The van der Waals surface area contributed by atoms with Crippen molar-refractivity contribution in [3.8, 4) is 5.75 Å². The van der Waals surface area contributed by atoms with Gasteiger partial charge in [0.2, 0.25) is 0 Å². The highest BCUT2D eigenvalue weighted by atomic mass is 19.1. The van der Waals surface area contributed by atoms with Crippen LogP contribution < -0.4 is 4.74 Å². The molecule has 0 aliphatic heterocycles. The first kappa shape index (κ1) is 20.4. The van der Waals surface area contributed by atoms with Crippen LogP contribution in [0.15, 0.2) is 66.9 Å². The number of aldehydes is 1. The molecule has 3 aromatic carbocycles. The quantitative estimate of drug-likeness (QED) is 0.374. The van der Waals surface area contributed by atoms with Crippen LogP contribution in [0.4, 0.5) is 4.39 Å². The Hall–Kier alpha value is -4.46. The van der Waals surface area contributed by atoms with Crippen molar-refractivity contribution in [2.75, 3.05) is 0 Å². The molecular weight excluding hydrogens is 425 g/mol. The van der Waals surface area contributed by atoms with Gasteiger partial charge in [-0.1, -0.05) is 35.5 Å². The van der Waals surface area contributed by atoms with Crippen molar-refractivity contribution in [1.82, 2.24) is 15.0 Å². The Morgan fingerprint density at radius 3 is 2.39 bits per heavy atom. The van der Waals surface area contributed by atoms with E-state index in [-0.39, 0.29) is 29.5 Å². The minimum atomic E-state index is -0.512. The lowest BCUT2D eigenvalue weighted by atomic mass is 9.83. The molecule has 1 heterocycles. The summed E-state index contributed by atoms with van der Waals surface area (Å²) in [5, 5.41) is 8.09. The summed E-state index contributed by atoms with van der Waals surface area (Å²) in [5.74, 6) is -0.741. The number of aromatic nitrogens is 3. The number of carbonyl (C=O) groups excluding carboxylic acids is 3. The normalized spacial score (nSPS) is 12.3. The van der Waals surface area contributed by atoms with E-state index < -0.39 is 5.82 Å². The van der Waals surface area contributed by atoms with E-state index in [1.807, 2.05) is 0 Å². The molecule has 0 saturated carbocycles. The first-order valence-corrected chi connectivity index (χ1v) is 10.1. The standard InChI is InChI=1S/C25H16FN3O4/c26-17-7-6-16(13-30)23(10-17)33-14-18-12-29(28-27-18)11-15-5-8-21-22(9-15)25(32)20-4-2-1-3-19(20)24(21)31/h1-10,12-13H,11,14H2. The third-order valence-corrected chi connectivity index (χ3v) is 5.40. The maximum atomic E-state index is 13.4. The minimum Gasteiger partial charge on any atom is -0.486 e. The molecule has 1 aromatic heterocycles. The number of halogens is 1. The third kappa shape index (κ3) is 3.82. The largest absolute Gasteiger partial charge is 0.486 e. The summed E-state index contributed by atoms with van der Waals surface area (Å²) < 4.78 is 20.5. The van der Waals surface area contributed by atoms with Crippen molar-refractivity contribution in [3.63, 3.8) is 0 Å². The lowest BCUT2D eigenvalue weighted by Crippen LogP contribution is -2.21.